The summed E-state index contributed by atoms with van der Waals surface area (Å²) in [6.07, 6.45) is 16.2. The van der Waals surface area contributed by atoms with Crippen LogP contribution in [0.1, 0.15) is 271 Å². The zero-order valence-corrected chi connectivity index (χ0v) is 43.2. The minimum absolute atomic E-state index is 0.117. The predicted octanol–water partition coefficient (Wildman–Crippen LogP) is 15.3. The smallest absolute Gasteiger partial charge is 0.249 e. The molecule has 0 N–H and O–H groups in total. The number of nitrogens with zero attached hydrogens (tertiary/aromatic N) is 3. The number of amides is 3. The van der Waals surface area contributed by atoms with Crippen LogP contribution < -0.4 is 0 Å². The van der Waals surface area contributed by atoms with Gasteiger partial charge in [-0.3, -0.25) is 0 Å². The van der Waals surface area contributed by atoms with Gasteiger partial charge in [-0.2, -0.15) is 0 Å². The number of quaternary nitrogens is 3. The highest BCUT2D eigenvalue weighted by atomic mass is 16.2. The van der Waals surface area contributed by atoms with Crippen molar-refractivity contribution in [3.8, 4) is 0 Å². The van der Waals surface area contributed by atoms with Crippen molar-refractivity contribution in [2.75, 3.05) is 0 Å². The molecule has 3 amide bonds. The highest BCUT2D eigenvalue weighted by Crippen LogP contribution is 2.42. The van der Waals surface area contributed by atoms with Crippen molar-refractivity contribution in [1.82, 2.24) is 0 Å². The topological polar surface area (TPSA) is 51.2 Å². The maximum absolute atomic E-state index is 16.4. The van der Waals surface area contributed by atoms with Crippen molar-refractivity contribution in [3.05, 3.63) is 34.9 Å². The van der Waals surface area contributed by atoms with Crippen LogP contribution in [-0.2, 0) is 0 Å². The number of carbonyl (C=O) groups excluding carboxylic acids is 3. The lowest BCUT2D eigenvalue weighted by atomic mass is 9.86. The maximum Gasteiger partial charge on any atom is 0.346 e. The summed E-state index contributed by atoms with van der Waals surface area (Å²) in [4.78, 5) is 49.2. The third-order valence-electron chi connectivity index (χ3n) is 16.6. The Hall–Kier alpha value is -1.89. The molecule has 0 atom stereocenters. The lowest BCUT2D eigenvalue weighted by molar-refractivity contribution is -0.923. The fourth-order valence-corrected chi connectivity index (χ4v) is 13.9. The van der Waals surface area contributed by atoms with Gasteiger partial charge >= 0.3 is 17.7 Å². The fraction of sp³-hybridized carbons (Fsp3) is 0.833. The van der Waals surface area contributed by atoms with Crippen molar-refractivity contribution in [2.24, 2.45) is 0 Å². The zero-order valence-electron chi connectivity index (χ0n) is 43.2. The molecule has 1 rings (SSSR count). The summed E-state index contributed by atoms with van der Waals surface area (Å²) in [6.45, 7) is 40.6. The molecule has 0 saturated carbocycles. The molecule has 6 heteroatoms. The molecule has 0 aromatic heterocycles. The second-order valence-electron chi connectivity index (χ2n) is 18.5. The molecule has 0 heterocycles. The standard InChI is InChI=1S/C54H102N3O3/c1-19-43(20-2)55(44(21-3)22-4,45(23-5)24-6)52(58)40-37-41(53(59)56(46(25-7)26-8,47(27-9)28-10)48(29-11)30-12)39-42(38-40)54(60)57(49(31-13)32-14,50(33-15)34-16)51(35-17)36-18/h37-39,43-51H,19-36H2,1-18H3/q+3. The summed E-state index contributed by atoms with van der Waals surface area (Å²) in [7, 11) is 0. The average molecular weight is 841 g/mol. The first kappa shape index (κ1) is 56.1. The molecule has 0 aliphatic heterocycles. The summed E-state index contributed by atoms with van der Waals surface area (Å²) in [5, 5.41) is 0. The van der Waals surface area contributed by atoms with E-state index in [4.69, 9.17) is 0 Å². The van der Waals surface area contributed by atoms with Gasteiger partial charge in [-0.25, -0.2) is 27.8 Å². The van der Waals surface area contributed by atoms with E-state index in [9.17, 15) is 0 Å². The van der Waals surface area contributed by atoms with Crippen molar-refractivity contribution >= 4 is 17.7 Å². The number of hydrogen-bond donors (Lipinski definition) is 0. The minimum Gasteiger partial charge on any atom is -0.249 e. The predicted molar refractivity (Wildman–Crippen MR) is 260 cm³/mol. The molecule has 0 fully saturated rings. The summed E-state index contributed by atoms with van der Waals surface area (Å²) < 4.78 is 1.20. The first-order valence-electron chi connectivity index (χ1n) is 26.2. The van der Waals surface area contributed by atoms with E-state index in [-0.39, 0.29) is 72.1 Å². The largest absolute Gasteiger partial charge is 0.346 e. The summed E-state index contributed by atoms with van der Waals surface area (Å²) in [5.74, 6) is 0.351. The lowest BCUT2D eigenvalue weighted by Gasteiger charge is -2.53. The van der Waals surface area contributed by atoms with E-state index in [2.05, 4.69) is 125 Å². The van der Waals surface area contributed by atoms with E-state index >= 15 is 14.4 Å². The highest BCUT2D eigenvalue weighted by Gasteiger charge is 2.57. The molecule has 0 bridgehead atoms. The first-order chi connectivity index (χ1) is 28.7. The molecule has 1 aromatic carbocycles. The molecule has 348 valence electrons. The van der Waals surface area contributed by atoms with E-state index in [0.29, 0.717) is 30.1 Å². The normalized spacial score (nSPS) is 13.2. The van der Waals surface area contributed by atoms with Crippen molar-refractivity contribution in [1.29, 1.82) is 0 Å². The molecular formula is C54H102N3O3+3. The average Bonchev–Trinajstić information content (AvgIpc) is 3.27. The second-order valence-corrected chi connectivity index (χ2v) is 18.5. The van der Waals surface area contributed by atoms with Crippen LogP contribution >= 0.6 is 0 Å². The molecule has 0 spiro atoms. The Morgan fingerprint density at radius 2 is 0.367 bits per heavy atom. The van der Waals surface area contributed by atoms with Crippen LogP contribution in [0.3, 0.4) is 0 Å². The quantitative estimate of drug-likeness (QED) is 0.0725. The Kier molecular flexibility index (Phi) is 24.9. The number of benzene rings is 1. The molecule has 0 aliphatic carbocycles. The molecular weight excluding hydrogens is 739 g/mol. The summed E-state index contributed by atoms with van der Waals surface area (Å²) >= 11 is 0. The highest BCUT2D eigenvalue weighted by molar-refractivity contribution is 6.00. The number of carbonyl (C=O) groups is 3. The van der Waals surface area contributed by atoms with E-state index in [0.717, 1.165) is 116 Å². The van der Waals surface area contributed by atoms with Gasteiger partial charge in [0, 0.05) is 0 Å². The molecule has 6 nitrogen and oxygen atoms in total. The SMILES string of the molecule is CCC(CC)[N+](C(=O)c1cc(C(=O)[N+](C(CC)CC)(C(CC)CC)C(CC)CC)cc(C(=O)[N+](C(CC)CC)(C(CC)CC)C(CC)CC)c1)(C(CC)CC)C(CC)CC. The van der Waals surface area contributed by atoms with Crippen molar-refractivity contribution < 1.29 is 27.8 Å². The van der Waals surface area contributed by atoms with Gasteiger partial charge in [0.2, 0.25) is 0 Å². The van der Waals surface area contributed by atoms with Crippen LogP contribution in [0.15, 0.2) is 18.2 Å². The van der Waals surface area contributed by atoms with Gasteiger partial charge in [-0.05, 0) is 134 Å². The van der Waals surface area contributed by atoms with Gasteiger partial charge in [-0.1, -0.05) is 125 Å². The molecule has 0 radical (unpaired) electrons. The second kappa shape index (κ2) is 26.7. The van der Waals surface area contributed by atoms with E-state index in [1.165, 1.54) is 0 Å². The van der Waals surface area contributed by atoms with Crippen LogP contribution in [0.25, 0.3) is 0 Å². The Morgan fingerprint density at radius 3 is 0.450 bits per heavy atom. The van der Waals surface area contributed by atoms with Crippen LogP contribution in [-0.4, -0.2) is 85.5 Å². The van der Waals surface area contributed by atoms with Crippen LogP contribution in [0, 0.1) is 0 Å². The lowest BCUT2D eigenvalue weighted by Crippen LogP contribution is -2.70. The van der Waals surface area contributed by atoms with Crippen LogP contribution in [0.5, 0.6) is 0 Å². The number of hydrogen-bond acceptors (Lipinski definition) is 3. The third-order valence-corrected chi connectivity index (χ3v) is 16.6. The third kappa shape index (κ3) is 10.1. The summed E-state index contributed by atoms with van der Waals surface area (Å²) in [5.41, 5.74) is 1.72. The summed E-state index contributed by atoms with van der Waals surface area (Å²) in [6, 6.07) is 7.20. The molecule has 0 aliphatic rings. The maximum atomic E-state index is 16.4. The molecule has 60 heavy (non-hydrogen) atoms. The van der Waals surface area contributed by atoms with Gasteiger partial charge in [0.25, 0.3) is 0 Å². The van der Waals surface area contributed by atoms with Gasteiger partial charge in [0.05, 0.1) is 71.1 Å². The van der Waals surface area contributed by atoms with E-state index < -0.39 is 0 Å². The number of rotatable bonds is 30. The molecule has 1 aromatic rings. The monoisotopic (exact) mass is 841 g/mol. The van der Waals surface area contributed by atoms with Gasteiger partial charge < -0.3 is 0 Å². The van der Waals surface area contributed by atoms with Crippen molar-refractivity contribution in [3.63, 3.8) is 0 Å². The van der Waals surface area contributed by atoms with E-state index in [1.54, 1.807) is 0 Å². The molecule has 0 saturated heterocycles. The van der Waals surface area contributed by atoms with Gasteiger partial charge in [-0.15, -0.1) is 0 Å². The Balaban J connectivity index is 5.07. The van der Waals surface area contributed by atoms with Crippen molar-refractivity contribution in [2.45, 2.75) is 295 Å². The zero-order chi connectivity index (χ0) is 46.0. The van der Waals surface area contributed by atoms with Gasteiger partial charge in [0.15, 0.2) is 0 Å². The Morgan fingerprint density at radius 1 is 0.267 bits per heavy atom. The minimum atomic E-state index is 0.117. The Labute approximate surface area is 373 Å². The van der Waals surface area contributed by atoms with Crippen LogP contribution in [0.2, 0.25) is 0 Å². The van der Waals surface area contributed by atoms with Crippen LogP contribution in [0.4, 0.5) is 0 Å². The molecule has 0 unspecified atom stereocenters. The van der Waals surface area contributed by atoms with Gasteiger partial charge in [0.1, 0.15) is 0 Å². The fourth-order valence-electron chi connectivity index (χ4n) is 13.9. The van der Waals surface area contributed by atoms with E-state index in [1.807, 2.05) is 18.2 Å². The Bertz CT molecular complexity index is 1110. The first-order valence-corrected chi connectivity index (χ1v) is 26.2.